The summed E-state index contributed by atoms with van der Waals surface area (Å²) in [5.74, 6) is 0. The van der Waals surface area contributed by atoms with Gasteiger partial charge in [-0.3, -0.25) is 0 Å². The van der Waals surface area contributed by atoms with Crippen LogP contribution >= 0.6 is 0 Å². The van der Waals surface area contributed by atoms with Crippen LogP contribution in [0.15, 0.2) is 48.5 Å². The highest BCUT2D eigenvalue weighted by Gasteiger charge is 2.30. The third kappa shape index (κ3) is 6.04. The lowest BCUT2D eigenvalue weighted by molar-refractivity contribution is -0.137. The minimum Gasteiger partial charge on any atom is -0.387 e. The van der Waals surface area contributed by atoms with E-state index in [4.69, 9.17) is 0 Å². The number of rotatable bonds is 8. The van der Waals surface area contributed by atoms with Gasteiger partial charge in [0.1, 0.15) is 0 Å². The monoisotopic (exact) mass is 366 g/mol. The summed E-state index contributed by atoms with van der Waals surface area (Å²) in [4.78, 5) is 0. The average Bonchev–Trinajstić information content (AvgIpc) is 2.61. The van der Waals surface area contributed by atoms with Crippen LogP contribution in [0.1, 0.15) is 36.6 Å². The van der Waals surface area contributed by atoms with Gasteiger partial charge in [0.25, 0.3) is 0 Å². The van der Waals surface area contributed by atoms with Gasteiger partial charge in [-0.25, -0.2) is 0 Å². The second-order valence-electron chi connectivity index (χ2n) is 6.38. The summed E-state index contributed by atoms with van der Waals surface area (Å²) in [6, 6.07) is 13.0. The smallest absolute Gasteiger partial charge is 0.387 e. The van der Waals surface area contributed by atoms with Gasteiger partial charge in [0, 0.05) is 24.8 Å². The van der Waals surface area contributed by atoms with Gasteiger partial charge in [-0.2, -0.15) is 13.2 Å². The number of anilines is 1. The lowest BCUT2D eigenvalue weighted by atomic mass is 10.0. The van der Waals surface area contributed by atoms with Gasteiger partial charge in [0.05, 0.1) is 11.7 Å². The first-order chi connectivity index (χ1) is 12.3. The summed E-state index contributed by atoms with van der Waals surface area (Å²) in [7, 11) is 0. The number of benzene rings is 2. The molecule has 0 fully saturated rings. The van der Waals surface area contributed by atoms with Gasteiger partial charge in [-0.05, 0) is 55.7 Å². The molecule has 2 aromatic rings. The number of hydrogen-bond donors (Lipinski definition) is 3. The maximum Gasteiger partial charge on any atom is 0.416 e. The molecule has 3 nitrogen and oxygen atoms in total. The molecule has 2 atom stereocenters. The fraction of sp³-hybridized carbons (Fsp3) is 0.400. The van der Waals surface area contributed by atoms with Crippen LogP contribution in [0.4, 0.5) is 18.9 Å². The fourth-order valence-corrected chi connectivity index (χ4v) is 2.74. The molecular weight excluding hydrogens is 341 g/mol. The minimum atomic E-state index is -4.41. The van der Waals surface area contributed by atoms with Gasteiger partial charge in [0.2, 0.25) is 0 Å². The molecule has 0 aliphatic heterocycles. The molecule has 0 aromatic heterocycles. The number of aliphatic hydroxyl groups is 1. The van der Waals surface area contributed by atoms with Crippen LogP contribution in [-0.2, 0) is 12.6 Å². The van der Waals surface area contributed by atoms with Crippen LogP contribution in [0.2, 0.25) is 0 Å². The molecule has 0 radical (unpaired) electrons. The molecule has 142 valence electrons. The van der Waals surface area contributed by atoms with Crippen molar-refractivity contribution in [3.8, 4) is 0 Å². The normalized spacial score (nSPS) is 14.1. The Morgan fingerprint density at radius 1 is 1.08 bits per heavy atom. The van der Waals surface area contributed by atoms with Gasteiger partial charge in [-0.15, -0.1) is 0 Å². The number of alkyl halides is 3. The quantitative estimate of drug-likeness (QED) is 0.649. The molecule has 26 heavy (non-hydrogen) atoms. The summed E-state index contributed by atoms with van der Waals surface area (Å²) in [5, 5.41) is 16.6. The first-order valence-corrected chi connectivity index (χ1v) is 8.71. The molecule has 2 rings (SSSR count). The van der Waals surface area contributed by atoms with E-state index >= 15 is 0 Å². The van der Waals surface area contributed by atoms with Crippen molar-refractivity contribution < 1.29 is 18.3 Å². The topological polar surface area (TPSA) is 44.3 Å². The maximum absolute atomic E-state index is 12.8. The van der Waals surface area contributed by atoms with E-state index in [1.165, 1.54) is 12.1 Å². The van der Waals surface area contributed by atoms with E-state index in [1.807, 2.05) is 38.1 Å². The molecular formula is C20H25F3N2O. The lowest BCUT2D eigenvalue weighted by Gasteiger charge is -2.18. The molecule has 0 aliphatic rings. The van der Waals surface area contributed by atoms with Crippen molar-refractivity contribution in [1.29, 1.82) is 0 Å². The molecule has 3 N–H and O–H groups in total. The Kier molecular flexibility index (Phi) is 7.06. The molecule has 0 saturated carbocycles. The Labute approximate surface area is 152 Å². The zero-order valence-corrected chi connectivity index (χ0v) is 15.0. The standard InChI is InChI=1S/C20H25F3N2O/c1-3-24-18-9-7-15(8-10-18)11-14(2)25-13-19(26)16-5-4-6-17(12-16)20(21,22)23/h4-10,12,14,19,24-26H,3,11,13H2,1-2H3. The fourth-order valence-electron chi connectivity index (χ4n) is 2.74. The molecule has 0 spiro atoms. The SMILES string of the molecule is CCNc1ccc(CC(C)NCC(O)c2cccc(C(F)(F)F)c2)cc1. The van der Waals surface area contributed by atoms with Crippen LogP contribution in [0.5, 0.6) is 0 Å². The number of halogens is 3. The van der Waals surface area contributed by atoms with Crippen molar-refractivity contribution in [3.63, 3.8) is 0 Å². The average molecular weight is 366 g/mol. The summed E-state index contributed by atoms with van der Waals surface area (Å²) in [6.07, 6.45) is -4.63. The van der Waals surface area contributed by atoms with E-state index < -0.39 is 17.8 Å². The van der Waals surface area contributed by atoms with Crippen molar-refractivity contribution >= 4 is 5.69 Å². The van der Waals surface area contributed by atoms with Crippen molar-refractivity contribution in [1.82, 2.24) is 5.32 Å². The Hall–Kier alpha value is -2.05. The van der Waals surface area contributed by atoms with Gasteiger partial charge >= 0.3 is 6.18 Å². The second-order valence-corrected chi connectivity index (χ2v) is 6.38. The van der Waals surface area contributed by atoms with E-state index in [0.29, 0.717) is 0 Å². The molecule has 0 amide bonds. The van der Waals surface area contributed by atoms with Gasteiger partial charge < -0.3 is 15.7 Å². The van der Waals surface area contributed by atoms with Crippen LogP contribution in [0, 0.1) is 0 Å². The van der Waals surface area contributed by atoms with E-state index in [9.17, 15) is 18.3 Å². The highest BCUT2D eigenvalue weighted by molar-refractivity contribution is 5.44. The molecule has 2 unspecified atom stereocenters. The van der Waals surface area contributed by atoms with Crippen molar-refractivity contribution in [3.05, 3.63) is 65.2 Å². The summed E-state index contributed by atoms with van der Waals surface area (Å²) < 4.78 is 38.3. The molecule has 0 heterocycles. The van der Waals surface area contributed by atoms with Crippen LogP contribution in [0.3, 0.4) is 0 Å². The third-order valence-corrected chi connectivity index (χ3v) is 4.14. The molecule has 6 heteroatoms. The molecule has 2 aromatic carbocycles. The maximum atomic E-state index is 12.8. The van der Waals surface area contributed by atoms with Gasteiger partial charge in [0.15, 0.2) is 0 Å². The summed E-state index contributed by atoms with van der Waals surface area (Å²) in [6.45, 7) is 5.08. The number of aliphatic hydroxyl groups excluding tert-OH is 1. The second kappa shape index (κ2) is 9.05. The zero-order chi connectivity index (χ0) is 19.2. The van der Waals surface area contributed by atoms with Crippen molar-refractivity contribution in [2.24, 2.45) is 0 Å². The lowest BCUT2D eigenvalue weighted by Crippen LogP contribution is -2.32. The van der Waals surface area contributed by atoms with Gasteiger partial charge in [-0.1, -0.05) is 24.3 Å². The Morgan fingerprint density at radius 3 is 2.38 bits per heavy atom. The van der Waals surface area contributed by atoms with Crippen LogP contribution < -0.4 is 10.6 Å². The summed E-state index contributed by atoms with van der Waals surface area (Å²) >= 11 is 0. The van der Waals surface area contributed by atoms with Crippen molar-refractivity contribution in [2.45, 2.75) is 38.6 Å². The van der Waals surface area contributed by atoms with E-state index in [2.05, 4.69) is 10.6 Å². The zero-order valence-electron chi connectivity index (χ0n) is 15.0. The summed E-state index contributed by atoms with van der Waals surface area (Å²) in [5.41, 5.74) is 1.73. The van der Waals surface area contributed by atoms with E-state index in [-0.39, 0.29) is 18.2 Å². The molecule has 0 bridgehead atoms. The number of hydrogen-bond acceptors (Lipinski definition) is 3. The van der Waals surface area contributed by atoms with Crippen LogP contribution in [-0.4, -0.2) is 24.2 Å². The third-order valence-electron chi connectivity index (χ3n) is 4.14. The molecule has 0 aliphatic carbocycles. The predicted molar refractivity (Wildman–Crippen MR) is 98.2 cm³/mol. The Bertz CT molecular complexity index is 686. The largest absolute Gasteiger partial charge is 0.416 e. The highest BCUT2D eigenvalue weighted by atomic mass is 19.4. The minimum absolute atomic E-state index is 0.0837. The Balaban J connectivity index is 1.87. The molecule has 0 saturated heterocycles. The van der Waals surface area contributed by atoms with Crippen molar-refractivity contribution in [2.75, 3.05) is 18.4 Å². The first kappa shape index (κ1) is 20.3. The Morgan fingerprint density at radius 2 is 1.77 bits per heavy atom. The number of nitrogens with one attached hydrogen (secondary N) is 2. The van der Waals surface area contributed by atoms with E-state index in [1.54, 1.807) is 0 Å². The first-order valence-electron chi connectivity index (χ1n) is 8.71. The highest BCUT2D eigenvalue weighted by Crippen LogP contribution is 2.30. The van der Waals surface area contributed by atoms with E-state index in [0.717, 1.165) is 36.3 Å². The predicted octanol–water partition coefficient (Wildman–Crippen LogP) is 4.39. The van der Waals surface area contributed by atoms with Crippen LogP contribution in [0.25, 0.3) is 0 Å².